The van der Waals surface area contributed by atoms with Crippen LogP contribution in [-0.4, -0.2) is 98.4 Å². The fourth-order valence-corrected chi connectivity index (χ4v) is 13.5. The van der Waals surface area contributed by atoms with Crippen LogP contribution in [0.5, 0.6) is 0 Å². The number of ketones is 1. The van der Waals surface area contributed by atoms with E-state index in [9.17, 15) is 39.3 Å². The Balaban J connectivity index is 1.51. The second-order valence-corrected chi connectivity index (χ2v) is 17.3. The molecule has 49 heavy (non-hydrogen) atoms. The summed E-state index contributed by atoms with van der Waals surface area (Å²) in [6.07, 6.45) is -6.93. The number of Topliss-reactive ketones (excluding diaryl/α,β-unsaturated/α-hetero) is 1. The zero-order chi connectivity index (χ0) is 36.3. The number of ether oxygens (including phenoxy) is 5. The van der Waals surface area contributed by atoms with Crippen molar-refractivity contribution in [2.45, 2.75) is 122 Å². The lowest BCUT2D eigenvalue weighted by molar-refractivity contribution is -0.264. The van der Waals surface area contributed by atoms with Crippen molar-refractivity contribution in [2.24, 2.45) is 63.6 Å². The molecule has 0 unspecified atom stereocenters. The smallest absolute Gasteiger partial charge is 0.341 e. The van der Waals surface area contributed by atoms with Gasteiger partial charge in [-0.1, -0.05) is 27.7 Å². The van der Waals surface area contributed by atoms with E-state index < -0.39 is 147 Å². The minimum Gasteiger partial charge on any atom is -0.462 e. The second-order valence-electron chi connectivity index (χ2n) is 16.8. The van der Waals surface area contributed by atoms with Gasteiger partial charge in [0.25, 0.3) is 0 Å². The average Bonchev–Trinajstić information content (AvgIpc) is 3.64. The third-order valence-corrected chi connectivity index (χ3v) is 15.3. The molecule has 0 aromatic heterocycles. The molecule has 1 spiro atoms. The molecule has 13 nitrogen and oxygen atoms in total. The SMILES string of the molecule is CC(=O)O[C@@H]1[C@H]2[C@H]3[C@H]([C@H](C)[C@H](OC(C)=O)[C@]2(C)[C@H]2[C@H](C)[C@H]4O[C@]45OC(=O)[C@@](C)(O)[C@]5(C)[C@H]12)[C@]1(C)[C@H](C[C@H](Cl)[C@@H](O)[C@@H]1OC(C)=O)C(=O)[C@@H]3O. The van der Waals surface area contributed by atoms with Gasteiger partial charge in [0.2, 0.25) is 5.79 Å². The summed E-state index contributed by atoms with van der Waals surface area (Å²) in [5.74, 6) is -10.8. The van der Waals surface area contributed by atoms with Crippen LogP contribution in [0.1, 0.15) is 68.7 Å². The maximum Gasteiger partial charge on any atom is 0.341 e. The van der Waals surface area contributed by atoms with Crippen molar-refractivity contribution in [3.05, 3.63) is 0 Å². The summed E-state index contributed by atoms with van der Waals surface area (Å²) in [6.45, 7) is 14.2. The quantitative estimate of drug-likeness (QED) is 0.165. The highest BCUT2D eigenvalue weighted by Gasteiger charge is 2.93. The van der Waals surface area contributed by atoms with Gasteiger partial charge in [-0.05, 0) is 43.9 Å². The van der Waals surface area contributed by atoms with Gasteiger partial charge in [0.1, 0.15) is 36.6 Å². The summed E-state index contributed by atoms with van der Waals surface area (Å²) >= 11 is 6.59. The Morgan fingerprint density at radius 3 is 1.96 bits per heavy atom. The Hall–Kier alpha value is -2.32. The lowest BCUT2D eigenvalue weighted by Crippen LogP contribution is -2.74. The number of carbonyl (C=O) groups excluding carboxylic acids is 5. The Morgan fingerprint density at radius 1 is 0.816 bits per heavy atom. The summed E-state index contributed by atoms with van der Waals surface area (Å²) in [6, 6.07) is 0. The van der Waals surface area contributed by atoms with Crippen LogP contribution >= 0.6 is 11.6 Å². The third-order valence-electron chi connectivity index (χ3n) is 14.8. The van der Waals surface area contributed by atoms with E-state index in [1.54, 1.807) is 13.8 Å². The molecule has 2 saturated heterocycles. The molecule has 20 atom stereocenters. The zero-order valence-electron chi connectivity index (χ0n) is 29.2. The predicted molar refractivity (Wildman–Crippen MR) is 166 cm³/mol. The Morgan fingerprint density at radius 2 is 1.39 bits per heavy atom. The van der Waals surface area contributed by atoms with Crippen LogP contribution in [0.4, 0.5) is 0 Å². The minimum atomic E-state index is -2.10. The van der Waals surface area contributed by atoms with Crippen molar-refractivity contribution in [3.63, 3.8) is 0 Å². The van der Waals surface area contributed by atoms with E-state index >= 15 is 0 Å². The number of hydrogen-bond acceptors (Lipinski definition) is 13. The first-order valence-corrected chi connectivity index (χ1v) is 17.7. The molecule has 7 fully saturated rings. The van der Waals surface area contributed by atoms with E-state index in [1.165, 1.54) is 27.7 Å². The van der Waals surface area contributed by atoms with Crippen LogP contribution in [-0.2, 0) is 47.7 Å². The molecule has 5 saturated carbocycles. The minimum absolute atomic E-state index is 0.000568. The predicted octanol–water partition coefficient (Wildman–Crippen LogP) is 1.53. The number of halogens is 1. The first kappa shape index (κ1) is 35.1. The monoisotopic (exact) mass is 710 g/mol. The molecule has 0 amide bonds. The lowest BCUT2D eigenvalue weighted by atomic mass is 9.39. The van der Waals surface area contributed by atoms with Crippen LogP contribution < -0.4 is 0 Å². The molecule has 2 heterocycles. The topological polar surface area (TPSA) is 195 Å². The zero-order valence-corrected chi connectivity index (χ0v) is 29.9. The van der Waals surface area contributed by atoms with E-state index in [0.717, 1.165) is 0 Å². The van der Waals surface area contributed by atoms with Gasteiger partial charge in [0.15, 0.2) is 11.4 Å². The van der Waals surface area contributed by atoms with Crippen molar-refractivity contribution in [1.29, 1.82) is 0 Å². The Labute approximate surface area is 289 Å². The molecule has 7 rings (SSSR count). The van der Waals surface area contributed by atoms with Crippen molar-refractivity contribution >= 4 is 41.3 Å². The largest absolute Gasteiger partial charge is 0.462 e. The van der Waals surface area contributed by atoms with Gasteiger partial charge >= 0.3 is 23.9 Å². The molecule has 3 N–H and O–H groups in total. The molecular formula is C35H47ClO13. The van der Waals surface area contributed by atoms with Crippen molar-refractivity contribution in [3.8, 4) is 0 Å². The first-order valence-electron chi connectivity index (χ1n) is 17.3. The van der Waals surface area contributed by atoms with Crippen molar-refractivity contribution in [2.75, 3.05) is 0 Å². The number of esters is 4. The van der Waals surface area contributed by atoms with Crippen LogP contribution in [0.3, 0.4) is 0 Å². The maximum absolute atomic E-state index is 14.5. The summed E-state index contributed by atoms with van der Waals surface area (Å²) in [4.78, 5) is 66.5. The van der Waals surface area contributed by atoms with Crippen LogP contribution in [0.2, 0.25) is 0 Å². The summed E-state index contributed by atoms with van der Waals surface area (Å²) in [5, 5.41) is 34.7. The van der Waals surface area contributed by atoms with Gasteiger partial charge in [0, 0.05) is 55.3 Å². The molecule has 0 bridgehead atoms. The molecule has 5 aliphatic carbocycles. The normalized spacial score (nSPS) is 58.0. The molecule has 0 radical (unpaired) electrons. The summed E-state index contributed by atoms with van der Waals surface area (Å²) in [5.41, 5.74) is -6.04. The standard InChI is InChI=1S/C35H47ClO13/c1-11-19-18(25(42)23(40)16-10-17(36)24(41)29(31(16,19)6)47-15(5)39)21-26(45-13(3)37)22-20(32(21,7)27(11)46-14(4)38)12(2)28-35(48-28)33(22,8)34(9,44)30(43)49-35/h11-12,16-22,24-29,41-42,44H,10H2,1-9H3/t11-,12-,16+,17-,18+,19-,20-,21+,22-,24+,25+,26+,27-,28+,29-,31-,32+,33-,34+,35-/m0/s1. The highest BCUT2D eigenvalue weighted by atomic mass is 35.5. The first-order chi connectivity index (χ1) is 22.6. The molecule has 7 aliphatic rings. The second kappa shape index (κ2) is 10.4. The number of alkyl halides is 1. The molecule has 2 aliphatic heterocycles. The fourth-order valence-electron chi connectivity index (χ4n) is 13.2. The average molecular weight is 711 g/mol. The van der Waals surface area contributed by atoms with Gasteiger partial charge in [-0.25, -0.2) is 4.79 Å². The van der Waals surface area contributed by atoms with E-state index in [0.29, 0.717) is 0 Å². The number of fused-ring (bicyclic) bond motifs is 8. The molecule has 0 aromatic rings. The van der Waals surface area contributed by atoms with Crippen LogP contribution in [0, 0.1) is 63.6 Å². The van der Waals surface area contributed by atoms with Gasteiger partial charge in [-0.15, -0.1) is 11.6 Å². The molecular weight excluding hydrogens is 664 g/mol. The molecule has 272 valence electrons. The van der Waals surface area contributed by atoms with Crippen molar-refractivity contribution in [1.82, 2.24) is 0 Å². The van der Waals surface area contributed by atoms with Gasteiger partial charge in [-0.3, -0.25) is 19.2 Å². The fraction of sp³-hybridized carbons (Fsp3) is 0.857. The highest BCUT2D eigenvalue weighted by Crippen LogP contribution is 2.81. The molecule has 0 aromatic carbocycles. The van der Waals surface area contributed by atoms with Gasteiger partial charge in [0.05, 0.1) is 10.8 Å². The van der Waals surface area contributed by atoms with Gasteiger partial charge < -0.3 is 39.0 Å². The number of epoxide rings is 1. The van der Waals surface area contributed by atoms with Crippen LogP contribution in [0.15, 0.2) is 0 Å². The van der Waals surface area contributed by atoms with E-state index in [1.807, 2.05) is 20.8 Å². The summed E-state index contributed by atoms with van der Waals surface area (Å²) < 4.78 is 30.4. The number of aliphatic hydroxyl groups excluding tert-OH is 2. The van der Waals surface area contributed by atoms with Crippen molar-refractivity contribution < 1.29 is 63.0 Å². The number of aliphatic hydroxyl groups is 3. The Bertz CT molecular complexity index is 1530. The number of carbonyl (C=O) groups is 5. The maximum atomic E-state index is 14.5. The van der Waals surface area contributed by atoms with E-state index in [4.69, 9.17) is 35.3 Å². The third kappa shape index (κ3) is 3.89. The van der Waals surface area contributed by atoms with Crippen LogP contribution in [0.25, 0.3) is 0 Å². The van der Waals surface area contributed by atoms with Gasteiger partial charge in [-0.2, -0.15) is 0 Å². The lowest BCUT2D eigenvalue weighted by Gasteiger charge is -2.66. The van der Waals surface area contributed by atoms with E-state index in [-0.39, 0.29) is 6.42 Å². The van der Waals surface area contributed by atoms with E-state index in [2.05, 4.69) is 0 Å². The summed E-state index contributed by atoms with van der Waals surface area (Å²) in [7, 11) is 0. The number of hydrogen-bond donors (Lipinski definition) is 3. The number of rotatable bonds is 3. The Kier molecular flexibility index (Phi) is 7.44. The molecule has 14 heteroatoms. The highest BCUT2D eigenvalue weighted by molar-refractivity contribution is 6.21.